The van der Waals surface area contributed by atoms with Crippen molar-refractivity contribution in [3.05, 3.63) is 0 Å². The molecule has 0 bridgehead atoms. The van der Waals surface area contributed by atoms with Crippen LogP contribution in [0.4, 0.5) is 0 Å². The SMILES string of the molecule is CN(C)S(=O)(=O)N1CCN(CC2CCCO2)CC1. The van der Waals surface area contributed by atoms with Crippen LogP contribution in [-0.2, 0) is 14.9 Å². The maximum Gasteiger partial charge on any atom is 0.281 e. The molecule has 2 aliphatic heterocycles. The fourth-order valence-corrected chi connectivity index (χ4v) is 3.54. The summed E-state index contributed by atoms with van der Waals surface area (Å²) >= 11 is 0. The van der Waals surface area contributed by atoms with Crippen molar-refractivity contribution in [2.45, 2.75) is 18.9 Å². The van der Waals surface area contributed by atoms with Crippen LogP contribution in [0.15, 0.2) is 0 Å². The first-order chi connectivity index (χ1) is 8.50. The molecular formula is C11H23N3O3S. The molecule has 2 saturated heterocycles. The summed E-state index contributed by atoms with van der Waals surface area (Å²) in [6, 6.07) is 0. The molecule has 6 nitrogen and oxygen atoms in total. The number of piperazine rings is 1. The Morgan fingerprint density at radius 1 is 1.22 bits per heavy atom. The minimum atomic E-state index is -3.24. The van der Waals surface area contributed by atoms with E-state index in [9.17, 15) is 8.42 Å². The zero-order valence-corrected chi connectivity index (χ0v) is 12.0. The van der Waals surface area contributed by atoms with Gasteiger partial charge in [0.05, 0.1) is 6.10 Å². The minimum absolute atomic E-state index is 0.349. The van der Waals surface area contributed by atoms with Crippen LogP contribution in [0.3, 0.4) is 0 Å². The number of hydrogen-bond acceptors (Lipinski definition) is 4. The van der Waals surface area contributed by atoms with Gasteiger partial charge in [-0.15, -0.1) is 0 Å². The normalized spacial score (nSPS) is 28.1. The van der Waals surface area contributed by atoms with Gasteiger partial charge in [-0.3, -0.25) is 4.90 Å². The van der Waals surface area contributed by atoms with Gasteiger partial charge in [0, 0.05) is 53.4 Å². The molecule has 0 saturated carbocycles. The van der Waals surface area contributed by atoms with Crippen molar-refractivity contribution in [1.82, 2.24) is 13.5 Å². The first-order valence-corrected chi connectivity index (χ1v) is 7.91. The van der Waals surface area contributed by atoms with Gasteiger partial charge >= 0.3 is 0 Å². The van der Waals surface area contributed by atoms with Gasteiger partial charge in [0.25, 0.3) is 10.2 Å². The summed E-state index contributed by atoms with van der Waals surface area (Å²) < 4.78 is 32.3. The smallest absolute Gasteiger partial charge is 0.281 e. The van der Waals surface area contributed by atoms with Gasteiger partial charge < -0.3 is 4.74 Å². The summed E-state index contributed by atoms with van der Waals surface area (Å²) in [5, 5.41) is 0. The van der Waals surface area contributed by atoms with E-state index in [1.165, 1.54) is 4.31 Å². The Bertz CT molecular complexity index is 358. The first kappa shape index (κ1) is 14.2. The highest BCUT2D eigenvalue weighted by atomic mass is 32.2. The predicted molar refractivity (Wildman–Crippen MR) is 69.6 cm³/mol. The molecule has 1 unspecified atom stereocenters. The fraction of sp³-hybridized carbons (Fsp3) is 1.00. The number of rotatable bonds is 4. The molecule has 106 valence electrons. The summed E-state index contributed by atoms with van der Waals surface area (Å²) in [5.74, 6) is 0. The van der Waals surface area contributed by atoms with Crippen molar-refractivity contribution in [3.8, 4) is 0 Å². The topological polar surface area (TPSA) is 53.1 Å². The third-order valence-corrected chi connectivity index (χ3v) is 5.55. The standard InChI is InChI=1S/C11H23N3O3S/c1-12(2)18(15,16)14-7-5-13(6-8-14)10-11-4-3-9-17-11/h11H,3-10H2,1-2H3. The van der Waals surface area contributed by atoms with Crippen LogP contribution in [-0.4, -0.2) is 81.5 Å². The van der Waals surface area contributed by atoms with Crippen molar-refractivity contribution in [2.75, 3.05) is 53.4 Å². The molecule has 2 rings (SSSR count). The second-order valence-corrected chi connectivity index (χ2v) is 7.27. The van der Waals surface area contributed by atoms with Gasteiger partial charge in [0.1, 0.15) is 0 Å². The highest BCUT2D eigenvalue weighted by Gasteiger charge is 2.29. The van der Waals surface area contributed by atoms with E-state index in [1.807, 2.05) is 0 Å². The molecule has 2 heterocycles. The fourth-order valence-electron chi connectivity index (χ4n) is 2.45. The van der Waals surface area contributed by atoms with Crippen molar-refractivity contribution in [2.24, 2.45) is 0 Å². The van der Waals surface area contributed by atoms with E-state index in [2.05, 4.69) is 4.90 Å². The molecule has 0 N–H and O–H groups in total. The number of hydrogen-bond donors (Lipinski definition) is 0. The summed E-state index contributed by atoms with van der Waals surface area (Å²) in [4.78, 5) is 2.30. The van der Waals surface area contributed by atoms with Crippen LogP contribution in [0.2, 0.25) is 0 Å². The molecule has 18 heavy (non-hydrogen) atoms. The monoisotopic (exact) mass is 277 g/mol. The largest absolute Gasteiger partial charge is 0.377 e. The third kappa shape index (κ3) is 3.21. The maximum atomic E-state index is 11.9. The molecule has 2 fully saturated rings. The van der Waals surface area contributed by atoms with Gasteiger partial charge in [-0.25, -0.2) is 0 Å². The van der Waals surface area contributed by atoms with E-state index in [4.69, 9.17) is 4.74 Å². The molecule has 0 aromatic rings. The molecule has 0 amide bonds. The molecule has 2 aliphatic rings. The third-order valence-electron chi connectivity index (χ3n) is 3.60. The van der Waals surface area contributed by atoms with Gasteiger partial charge in [0.15, 0.2) is 0 Å². The quantitative estimate of drug-likeness (QED) is 0.701. The average molecular weight is 277 g/mol. The molecule has 0 spiro atoms. The summed E-state index contributed by atoms with van der Waals surface area (Å²) in [5.41, 5.74) is 0. The number of ether oxygens (including phenoxy) is 1. The number of nitrogens with zero attached hydrogens (tertiary/aromatic N) is 3. The lowest BCUT2D eigenvalue weighted by atomic mass is 10.2. The highest BCUT2D eigenvalue weighted by molar-refractivity contribution is 7.86. The molecule has 0 aliphatic carbocycles. The minimum Gasteiger partial charge on any atom is -0.377 e. The van der Waals surface area contributed by atoms with Crippen LogP contribution in [0, 0.1) is 0 Å². The molecule has 0 aromatic carbocycles. The van der Waals surface area contributed by atoms with E-state index in [0.717, 1.165) is 39.1 Å². The maximum absolute atomic E-state index is 11.9. The molecule has 1 atom stereocenters. The Morgan fingerprint density at radius 3 is 2.39 bits per heavy atom. The molecule has 0 radical (unpaired) electrons. The lowest BCUT2D eigenvalue weighted by molar-refractivity contribution is 0.0612. The average Bonchev–Trinajstić information content (AvgIpc) is 2.82. The van der Waals surface area contributed by atoms with Gasteiger partial charge in [-0.1, -0.05) is 0 Å². The highest BCUT2D eigenvalue weighted by Crippen LogP contribution is 2.15. The summed E-state index contributed by atoms with van der Waals surface area (Å²) in [7, 11) is -0.0870. The van der Waals surface area contributed by atoms with Crippen molar-refractivity contribution >= 4 is 10.2 Å². The van der Waals surface area contributed by atoms with Crippen molar-refractivity contribution in [1.29, 1.82) is 0 Å². The van der Waals surface area contributed by atoms with E-state index >= 15 is 0 Å². The van der Waals surface area contributed by atoms with Crippen molar-refractivity contribution in [3.63, 3.8) is 0 Å². The van der Waals surface area contributed by atoms with E-state index in [0.29, 0.717) is 19.2 Å². The van der Waals surface area contributed by atoms with E-state index in [-0.39, 0.29) is 0 Å². The Morgan fingerprint density at radius 2 is 1.89 bits per heavy atom. The predicted octanol–water partition coefficient (Wildman–Crippen LogP) is -0.411. The lowest BCUT2D eigenvalue weighted by Crippen LogP contribution is -2.52. The molecule has 0 aromatic heterocycles. The Hall–Kier alpha value is -0.210. The second kappa shape index (κ2) is 5.83. The van der Waals surface area contributed by atoms with E-state index in [1.54, 1.807) is 18.4 Å². The van der Waals surface area contributed by atoms with Crippen LogP contribution in [0.5, 0.6) is 0 Å². The lowest BCUT2D eigenvalue weighted by Gasteiger charge is -2.35. The van der Waals surface area contributed by atoms with Gasteiger partial charge in [-0.2, -0.15) is 17.0 Å². The van der Waals surface area contributed by atoms with E-state index < -0.39 is 10.2 Å². The Kier molecular flexibility index (Phi) is 4.60. The van der Waals surface area contributed by atoms with Gasteiger partial charge in [-0.05, 0) is 12.8 Å². The van der Waals surface area contributed by atoms with Gasteiger partial charge in [0.2, 0.25) is 0 Å². The Balaban J connectivity index is 1.80. The Labute approximate surface area is 110 Å². The molecular weight excluding hydrogens is 254 g/mol. The summed E-state index contributed by atoms with van der Waals surface area (Å²) in [6.07, 6.45) is 2.64. The van der Waals surface area contributed by atoms with Crippen molar-refractivity contribution < 1.29 is 13.2 Å². The second-order valence-electron chi connectivity index (χ2n) is 5.12. The molecule has 7 heteroatoms. The summed E-state index contributed by atoms with van der Waals surface area (Å²) in [6.45, 7) is 4.57. The van der Waals surface area contributed by atoms with Crippen LogP contribution < -0.4 is 0 Å². The zero-order valence-electron chi connectivity index (χ0n) is 11.2. The van der Waals surface area contributed by atoms with Crippen LogP contribution >= 0.6 is 0 Å². The zero-order chi connectivity index (χ0) is 13.2. The first-order valence-electron chi connectivity index (χ1n) is 6.51. The van der Waals surface area contributed by atoms with Crippen LogP contribution in [0.1, 0.15) is 12.8 Å². The van der Waals surface area contributed by atoms with Crippen LogP contribution in [0.25, 0.3) is 0 Å².